The lowest BCUT2D eigenvalue weighted by Crippen LogP contribution is -2.37. The molecule has 0 spiro atoms. The summed E-state index contributed by atoms with van der Waals surface area (Å²) < 4.78 is 10.3. The van der Waals surface area contributed by atoms with E-state index in [2.05, 4.69) is 0 Å². The number of aliphatic hydroxyl groups excluding tert-OH is 1. The largest absolute Gasteiger partial charge is 0.481 e. The summed E-state index contributed by atoms with van der Waals surface area (Å²) in [5.74, 6) is -2.03. The van der Waals surface area contributed by atoms with Crippen LogP contribution in [0, 0.1) is 0 Å². The van der Waals surface area contributed by atoms with Gasteiger partial charge in [-0.05, 0) is 17.7 Å². The Labute approximate surface area is 118 Å². The number of ether oxygens (including phenoxy) is 2. The average Bonchev–Trinajstić information content (AvgIpc) is 2.33. The van der Waals surface area contributed by atoms with E-state index in [4.69, 9.17) is 9.47 Å². The molecule has 1 N–H and O–H groups in total. The molecule has 1 aliphatic rings. The quantitative estimate of drug-likeness (QED) is 0.860. The van der Waals surface area contributed by atoms with Crippen LogP contribution >= 0.6 is 0 Å². The van der Waals surface area contributed by atoms with Gasteiger partial charge in [0.1, 0.15) is 5.57 Å². The monoisotopic (exact) mass is 277 g/mol. The van der Waals surface area contributed by atoms with Crippen molar-refractivity contribution in [2.75, 3.05) is 19.0 Å². The summed E-state index contributed by atoms with van der Waals surface area (Å²) in [4.78, 5) is 13.9. The van der Waals surface area contributed by atoms with Crippen LogP contribution in [-0.4, -0.2) is 31.0 Å². The smallest absolute Gasteiger partial charge is 0.344 e. The highest BCUT2D eigenvalue weighted by atomic mass is 16.8. The number of cyclic esters (lactones) is 1. The van der Waals surface area contributed by atoms with E-state index in [0.29, 0.717) is 0 Å². The topological polar surface area (TPSA) is 59.0 Å². The van der Waals surface area contributed by atoms with E-state index in [1.54, 1.807) is 13.8 Å². The second-order valence-corrected chi connectivity index (χ2v) is 5.41. The number of esters is 1. The minimum Gasteiger partial charge on any atom is -0.481 e. The Bertz CT molecular complexity index is 543. The van der Waals surface area contributed by atoms with Crippen LogP contribution < -0.4 is 4.90 Å². The Hall–Kier alpha value is -2.17. The molecule has 0 atom stereocenters. The summed E-state index contributed by atoms with van der Waals surface area (Å²) in [6.45, 7) is 3.15. The van der Waals surface area contributed by atoms with Crippen molar-refractivity contribution in [2.45, 2.75) is 26.1 Å². The van der Waals surface area contributed by atoms with Crippen molar-refractivity contribution in [3.8, 4) is 0 Å². The molecule has 108 valence electrons. The van der Waals surface area contributed by atoms with Crippen LogP contribution in [-0.2, 0) is 20.7 Å². The fourth-order valence-electron chi connectivity index (χ4n) is 1.95. The number of hydrogen-bond donors (Lipinski definition) is 1. The number of benzene rings is 1. The number of nitrogens with zero attached hydrogens (tertiary/aromatic N) is 1. The van der Waals surface area contributed by atoms with Crippen molar-refractivity contribution in [3.05, 3.63) is 41.3 Å². The van der Waals surface area contributed by atoms with Gasteiger partial charge in [-0.1, -0.05) is 12.1 Å². The van der Waals surface area contributed by atoms with Crippen molar-refractivity contribution >= 4 is 11.7 Å². The number of hydrogen-bond acceptors (Lipinski definition) is 5. The molecule has 1 aromatic rings. The lowest BCUT2D eigenvalue weighted by Gasteiger charge is -2.30. The zero-order valence-electron chi connectivity index (χ0n) is 12.1. The number of rotatable bonds is 3. The van der Waals surface area contributed by atoms with Crippen molar-refractivity contribution < 1.29 is 19.4 Å². The summed E-state index contributed by atoms with van der Waals surface area (Å²) in [6, 6.07) is 7.71. The van der Waals surface area contributed by atoms with Crippen LogP contribution in [0.15, 0.2) is 35.8 Å². The molecule has 1 aromatic carbocycles. The predicted molar refractivity (Wildman–Crippen MR) is 75.4 cm³/mol. The van der Waals surface area contributed by atoms with E-state index in [0.717, 1.165) is 11.3 Å². The summed E-state index contributed by atoms with van der Waals surface area (Å²) >= 11 is 0. The number of anilines is 1. The van der Waals surface area contributed by atoms with Gasteiger partial charge in [0.05, 0.1) is 0 Å². The minimum atomic E-state index is -1.13. The highest BCUT2D eigenvalue weighted by molar-refractivity contribution is 5.90. The van der Waals surface area contributed by atoms with E-state index in [1.165, 1.54) is 0 Å². The Balaban J connectivity index is 2.19. The second-order valence-electron chi connectivity index (χ2n) is 5.41. The standard InChI is InChI=1S/C15H19NO4/c1-15(2)19-13(17)12(14(18)20-15)9-10-5-7-11(8-6-10)16(3)4/h5-8,17H,9H2,1-4H3. The van der Waals surface area contributed by atoms with Crippen LogP contribution in [0.1, 0.15) is 19.4 Å². The molecule has 0 saturated carbocycles. The lowest BCUT2D eigenvalue weighted by molar-refractivity contribution is -0.222. The van der Waals surface area contributed by atoms with Crippen molar-refractivity contribution in [2.24, 2.45) is 0 Å². The van der Waals surface area contributed by atoms with Crippen molar-refractivity contribution in [1.82, 2.24) is 0 Å². The van der Waals surface area contributed by atoms with E-state index in [-0.39, 0.29) is 17.9 Å². The van der Waals surface area contributed by atoms with Gasteiger partial charge >= 0.3 is 5.97 Å². The first-order valence-electron chi connectivity index (χ1n) is 6.39. The number of carbonyl (C=O) groups is 1. The summed E-state index contributed by atoms with van der Waals surface area (Å²) in [5, 5.41) is 9.83. The number of aliphatic hydroxyl groups is 1. The third-order valence-electron chi connectivity index (χ3n) is 3.02. The van der Waals surface area contributed by atoms with Crippen LogP contribution in [0.4, 0.5) is 5.69 Å². The van der Waals surface area contributed by atoms with Gasteiger partial charge in [0.25, 0.3) is 11.7 Å². The Morgan fingerprint density at radius 2 is 1.75 bits per heavy atom. The van der Waals surface area contributed by atoms with Gasteiger partial charge in [-0.25, -0.2) is 4.79 Å². The normalized spacial score (nSPS) is 17.5. The zero-order chi connectivity index (χ0) is 14.9. The maximum absolute atomic E-state index is 11.9. The maximum Gasteiger partial charge on any atom is 0.344 e. The molecule has 5 nitrogen and oxygen atoms in total. The molecular formula is C15H19NO4. The molecule has 1 aliphatic heterocycles. The van der Waals surface area contributed by atoms with Gasteiger partial charge in [-0.2, -0.15) is 0 Å². The fraction of sp³-hybridized carbons (Fsp3) is 0.400. The summed E-state index contributed by atoms with van der Waals surface area (Å²) in [7, 11) is 3.91. The Morgan fingerprint density at radius 3 is 2.25 bits per heavy atom. The molecule has 2 rings (SSSR count). The molecule has 20 heavy (non-hydrogen) atoms. The highest BCUT2D eigenvalue weighted by Gasteiger charge is 2.35. The molecule has 0 fully saturated rings. The Morgan fingerprint density at radius 1 is 1.15 bits per heavy atom. The molecule has 0 bridgehead atoms. The van der Waals surface area contributed by atoms with E-state index in [9.17, 15) is 9.90 Å². The third-order valence-corrected chi connectivity index (χ3v) is 3.02. The molecular weight excluding hydrogens is 258 g/mol. The van der Waals surface area contributed by atoms with Crippen LogP contribution in [0.2, 0.25) is 0 Å². The highest BCUT2D eigenvalue weighted by Crippen LogP contribution is 2.27. The van der Waals surface area contributed by atoms with Gasteiger partial charge in [-0.15, -0.1) is 0 Å². The van der Waals surface area contributed by atoms with Crippen LogP contribution in [0.3, 0.4) is 0 Å². The van der Waals surface area contributed by atoms with E-state index in [1.807, 2.05) is 43.3 Å². The lowest BCUT2D eigenvalue weighted by atomic mass is 10.0. The summed E-state index contributed by atoms with van der Waals surface area (Å²) in [5.41, 5.74) is 2.11. The molecule has 0 amide bonds. The first kappa shape index (κ1) is 14.2. The fourth-order valence-corrected chi connectivity index (χ4v) is 1.95. The molecule has 0 aromatic heterocycles. The zero-order valence-corrected chi connectivity index (χ0v) is 12.1. The first-order chi connectivity index (χ1) is 9.28. The number of carbonyl (C=O) groups excluding carboxylic acids is 1. The summed E-state index contributed by atoms with van der Waals surface area (Å²) in [6.07, 6.45) is 0.272. The van der Waals surface area contributed by atoms with Crippen LogP contribution in [0.5, 0.6) is 0 Å². The first-order valence-corrected chi connectivity index (χ1v) is 6.39. The molecule has 0 unspecified atom stereocenters. The molecule has 1 heterocycles. The average molecular weight is 277 g/mol. The minimum absolute atomic E-state index is 0.141. The van der Waals surface area contributed by atoms with Gasteiger partial charge in [-0.3, -0.25) is 0 Å². The predicted octanol–water partition coefficient (Wildman–Crippen LogP) is 2.37. The van der Waals surface area contributed by atoms with Gasteiger partial charge in [0.2, 0.25) is 0 Å². The maximum atomic E-state index is 11.9. The van der Waals surface area contributed by atoms with E-state index < -0.39 is 11.8 Å². The second kappa shape index (κ2) is 5.07. The molecule has 0 aliphatic carbocycles. The molecule has 5 heteroatoms. The van der Waals surface area contributed by atoms with Crippen LogP contribution in [0.25, 0.3) is 0 Å². The van der Waals surface area contributed by atoms with Gasteiger partial charge in [0, 0.05) is 40.1 Å². The van der Waals surface area contributed by atoms with Crippen molar-refractivity contribution in [3.63, 3.8) is 0 Å². The SMILES string of the molecule is CN(C)c1ccc(CC2=C(O)OC(C)(C)OC2=O)cc1. The van der Waals surface area contributed by atoms with Crippen molar-refractivity contribution in [1.29, 1.82) is 0 Å². The third kappa shape index (κ3) is 3.04. The Kier molecular flexibility index (Phi) is 3.61. The molecule has 0 saturated heterocycles. The van der Waals surface area contributed by atoms with Gasteiger partial charge in [0.15, 0.2) is 0 Å². The van der Waals surface area contributed by atoms with E-state index >= 15 is 0 Å². The van der Waals surface area contributed by atoms with Gasteiger partial charge < -0.3 is 19.5 Å². The molecule has 0 radical (unpaired) electrons.